The minimum Gasteiger partial charge on any atom is -0.490 e. The van der Waals surface area contributed by atoms with Crippen molar-refractivity contribution in [3.05, 3.63) is 35.7 Å². The Kier molecular flexibility index (Phi) is 5.76. The van der Waals surface area contributed by atoms with Crippen molar-refractivity contribution >= 4 is 17.6 Å². The maximum atomic E-state index is 11.3. The molecule has 1 aliphatic heterocycles. The second-order valence-electron chi connectivity index (χ2n) is 9.61. The molecule has 2 fully saturated rings. The van der Waals surface area contributed by atoms with Crippen LogP contribution in [0, 0.1) is 0 Å². The largest absolute Gasteiger partial charge is 0.490 e. The van der Waals surface area contributed by atoms with E-state index in [1.54, 1.807) is 0 Å². The number of anilines is 1. The van der Waals surface area contributed by atoms with Crippen molar-refractivity contribution < 1.29 is 19.1 Å². The van der Waals surface area contributed by atoms with Gasteiger partial charge in [-0.2, -0.15) is 0 Å². The Labute approximate surface area is 198 Å². The number of amides is 1. The summed E-state index contributed by atoms with van der Waals surface area (Å²) in [5.41, 5.74) is 15.7. The van der Waals surface area contributed by atoms with Gasteiger partial charge in [0.25, 0.3) is 0 Å². The molecule has 180 valence electrons. The van der Waals surface area contributed by atoms with Gasteiger partial charge in [-0.05, 0) is 57.7 Å². The number of ether oxygens (including phenoxy) is 2. The van der Waals surface area contributed by atoms with Crippen LogP contribution < -0.4 is 21.5 Å². The molecule has 10 nitrogen and oxygen atoms in total. The van der Waals surface area contributed by atoms with E-state index in [2.05, 4.69) is 20.4 Å². The second-order valence-corrected chi connectivity index (χ2v) is 9.61. The van der Waals surface area contributed by atoms with Crippen LogP contribution in [0.3, 0.4) is 0 Å². The van der Waals surface area contributed by atoms with Crippen LogP contribution in [0.5, 0.6) is 5.75 Å². The number of cyclic esters (lactones) is 1. The quantitative estimate of drug-likeness (QED) is 0.570. The lowest BCUT2D eigenvalue weighted by Gasteiger charge is -2.35. The molecule has 5 N–H and O–H groups in total. The van der Waals surface area contributed by atoms with Crippen molar-refractivity contribution in [2.24, 2.45) is 10.9 Å². The van der Waals surface area contributed by atoms with Crippen LogP contribution in [0.4, 0.5) is 10.6 Å². The molecule has 1 atom stereocenters. The fraction of sp³-hybridized carbons (Fsp3) is 0.500. The lowest BCUT2D eigenvalue weighted by atomic mass is 9.70. The fourth-order valence-electron chi connectivity index (χ4n) is 4.95. The molecule has 2 aliphatic carbocycles. The van der Waals surface area contributed by atoms with Crippen molar-refractivity contribution in [1.82, 2.24) is 15.3 Å². The highest BCUT2D eigenvalue weighted by atomic mass is 16.7. The number of alkyl carbamates (subject to hydrolysis) is 1. The minimum atomic E-state index is -0.630. The smallest absolute Gasteiger partial charge is 0.407 e. The molecular formula is C24H30N6O4. The lowest BCUT2D eigenvalue weighted by Crippen LogP contribution is -2.36. The number of hydrogen-bond acceptors (Lipinski definition) is 9. The Morgan fingerprint density at radius 1 is 1.21 bits per heavy atom. The van der Waals surface area contributed by atoms with Gasteiger partial charge in [-0.1, -0.05) is 5.16 Å². The zero-order chi connectivity index (χ0) is 23.9. The molecule has 0 unspecified atom stereocenters. The van der Waals surface area contributed by atoms with E-state index in [0.717, 1.165) is 53.8 Å². The molecule has 1 aromatic carbocycles. The van der Waals surface area contributed by atoms with Crippen LogP contribution in [-0.2, 0) is 15.0 Å². The monoisotopic (exact) mass is 466 g/mol. The Morgan fingerprint density at radius 3 is 2.74 bits per heavy atom. The van der Waals surface area contributed by atoms with E-state index < -0.39 is 17.6 Å². The first-order valence-corrected chi connectivity index (χ1v) is 11.7. The maximum absolute atomic E-state index is 11.3. The van der Waals surface area contributed by atoms with Gasteiger partial charge in [-0.25, -0.2) is 14.8 Å². The van der Waals surface area contributed by atoms with E-state index in [-0.39, 0.29) is 18.8 Å². The lowest BCUT2D eigenvalue weighted by molar-refractivity contribution is 0.0487. The molecule has 0 radical (unpaired) electrons. The van der Waals surface area contributed by atoms with Crippen LogP contribution in [0.2, 0.25) is 0 Å². The summed E-state index contributed by atoms with van der Waals surface area (Å²) < 4.78 is 11.5. The van der Waals surface area contributed by atoms with Crippen LogP contribution in [0.15, 0.2) is 29.7 Å². The summed E-state index contributed by atoms with van der Waals surface area (Å²) >= 11 is 0. The number of oxime groups is 1. The van der Waals surface area contributed by atoms with Crippen LogP contribution in [-0.4, -0.2) is 53.2 Å². The standard InChI is InChI=1S/C24H30N6O4/c1-24(2)19-20(28-12-29-22(19)26)17-8-7-15(33-14-5-3-13(25)4-6-14)9-18(17)21(24)30-32-11-16-10-27-23(31)34-16/h7-9,12-14,16H,3-6,10-11,25H2,1-2H3,(H,27,31)(H2,26,28,29)/b30-21+/t13?,14?,16-/m0/s1. The fourth-order valence-corrected chi connectivity index (χ4v) is 4.95. The summed E-state index contributed by atoms with van der Waals surface area (Å²) in [6.45, 7) is 4.56. The summed E-state index contributed by atoms with van der Waals surface area (Å²) in [6.07, 6.45) is 4.58. The van der Waals surface area contributed by atoms with Crippen molar-refractivity contribution in [1.29, 1.82) is 0 Å². The highest BCUT2D eigenvalue weighted by Crippen LogP contribution is 2.45. The molecule has 2 heterocycles. The first-order valence-electron chi connectivity index (χ1n) is 11.7. The SMILES string of the molecule is CC1(C)/C(=N/OC[C@@H]2CNC(=O)O2)c2cc(OC3CCC(N)CC3)ccc2-c2ncnc(N)c21. The van der Waals surface area contributed by atoms with Gasteiger partial charge >= 0.3 is 6.09 Å². The Bertz CT molecular complexity index is 1130. The molecule has 34 heavy (non-hydrogen) atoms. The molecule has 2 aromatic rings. The molecule has 1 amide bonds. The number of carbonyl (C=O) groups is 1. The van der Waals surface area contributed by atoms with Crippen LogP contribution in [0.1, 0.15) is 50.7 Å². The molecule has 0 spiro atoms. The average Bonchev–Trinajstić information content (AvgIpc) is 3.22. The van der Waals surface area contributed by atoms with Crippen molar-refractivity contribution in [2.45, 2.75) is 63.2 Å². The summed E-state index contributed by atoms with van der Waals surface area (Å²) in [6, 6.07) is 6.19. The van der Waals surface area contributed by atoms with Crippen molar-refractivity contribution in [2.75, 3.05) is 18.9 Å². The number of nitrogen functional groups attached to an aromatic ring is 1. The van der Waals surface area contributed by atoms with E-state index in [1.807, 2.05) is 32.0 Å². The number of nitrogens with zero attached hydrogens (tertiary/aromatic N) is 3. The predicted molar refractivity (Wildman–Crippen MR) is 127 cm³/mol. The molecule has 1 aromatic heterocycles. The maximum Gasteiger partial charge on any atom is 0.407 e. The summed E-state index contributed by atoms with van der Waals surface area (Å²) in [5, 5.41) is 7.13. The van der Waals surface area contributed by atoms with E-state index in [1.165, 1.54) is 6.33 Å². The molecule has 3 aliphatic rings. The third-order valence-corrected chi connectivity index (χ3v) is 6.78. The second kappa shape index (κ2) is 8.75. The van der Waals surface area contributed by atoms with Crippen LogP contribution in [0.25, 0.3) is 11.3 Å². The van der Waals surface area contributed by atoms with E-state index in [0.29, 0.717) is 18.1 Å². The van der Waals surface area contributed by atoms with E-state index in [9.17, 15) is 4.79 Å². The molecule has 5 rings (SSSR count). The van der Waals surface area contributed by atoms with E-state index in [4.69, 9.17) is 25.8 Å². The Hall–Kier alpha value is -3.40. The number of rotatable bonds is 5. The first kappa shape index (κ1) is 22.4. The Balaban J connectivity index is 1.49. The third-order valence-electron chi connectivity index (χ3n) is 6.78. The molecule has 1 saturated heterocycles. The number of hydrogen-bond donors (Lipinski definition) is 3. The average molecular weight is 467 g/mol. The first-order chi connectivity index (χ1) is 16.3. The Morgan fingerprint density at radius 2 is 2.00 bits per heavy atom. The highest BCUT2D eigenvalue weighted by Gasteiger charge is 2.41. The predicted octanol–water partition coefficient (Wildman–Crippen LogP) is 2.49. The van der Waals surface area contributed by atoms with Gasteiger partial charge in [-0.3, -0.25) is 0 Å². The summed E-state index contributed by atoms with van der Waals surface area (Å²) in [4.78, 5) is 25.8. The molecule has 1 saturated carbocycles. The summed E-state index contributed by atoms with van der Waals surface area (Å²) in [7, 11) is 0. The summed E-state index contributed by atoms with van der Waals surface area (Å²) in [5.74, 6) is 1.17. The van der Waals surface area contributed by atoms with Gasteiger partial charge in [0.05, 0.1) is 24.1 Å². The zero-order valence-electron chi connectivity index (χ0n) is 19.4. The van der Waals surface area contributed by atoms with Crippen molar-refractivity contribution in [3.8, 4) is 17.0 Å². The normalized spacial score (nSPS) is 26.3. The number of benzene rings is 1. The van der Waals surface area contributed by atoms with Gasteiger partial charge in [0.15, 0.2) is 12.7 Å². The van der Waals surface area contributed by atoms with Gasteiger partial charge in [0.1, 0.15) is 17.9 Å². The molecule has 0 bridgehead atoms. The van der Waals surface area contributed by atoms with Crippen LogP contribution >= 0.6 is 0 Å². The zero-order valence-corrected chi connectivity index (χ0v) is 19.4. The van der Waals surface area contributed by atoms with Gasteiger partial charge < -0.3 is 31.1 Å². The topological polar surface area (TPSA) is 147 Å². The van der Waals surface area contributed by atoms with Gasteiger partial charge in [0.2, 0.25) is 0 Å². The third kappa shape index (κ3) is 4.13. The number of fused-ring (bicyclic) bond motifs is 3. The number of aromatic nitrogens is 2. The van der Waals surface area contributed by atoms with Gasteiger partial charge in [-0.15, -0.1) is 0 Å². The molecular weight excluding hydrogens is 436 g/mol. The number of nitrogens with one attached hydrogen (secondary N) is 1. The number of carbonyl (C=O) groups excluding carboxylic acids is 1. The van der Waals surface area contributed by atoms with Gasteiger partial charge in [0, 0.05) is 28.1 Å². The number of nitrogens with two attached hydrogens (primary N) is 2. The molecule has 10 heteroatoms. The highest BCUT2D eigenvalue weighted by molar-refractivity contribution is 6.15. The minimum absolute atomic E-state index is 0.139. The van der Waals surface area contributed by atoms with Crippen molar-refractivity contribution in [3.63, 3.8) is 0 Å². The van der Waals surface area contributed by atoms with E-state index >= 15 is 0 Å².